The predicted molar refractivity (Wildman–Crippen MR) is 111 cm³/mol. The Bertz CT molecular complexity index is 1000. The molecular weight excluding hydrogens is 369 g/mol. The Kier molecular flexibility index (Phi) is 5.18. The summed E-state index contributed by atoms with van der Waals surface area (Å²) < 4.78 is 6.11. The van der Waals surface area contributed by atoms with E-state index in [2.05, 4.69) is 17.1 Å². The molecule has 2 heterocycles. The Balaban J connectivity index is 1.54. The van der Waals surface area contributed by atoms with Crippen LogP contribution in [0.3, 0.4) is 0 Å². The first kappa shape index (κ1) is 18.7. The Labute approximate surface area is 169 Å². The highest BCUT2D eigenvalue weighted by molar-refractivity contribution is 7.14. The van der Waals surface area contributed by atoms with E-state index in [-0.39, 0.29) is 5.91 Å². The first-order valence-electron chi connectivity index (χ1n) is 9.22. The zero-order chi connectivity index (χ0) is 19.7. The molecule has 1 amide bonds. The summed E-state index contributed by atoms with van der Waals surface area (Å²) in [6.45, 7) is 5.34. The molecule has 7 heteroatoms. The smallest absolute Gasteiger partial charge is 0.223 e. The summed E-state index contributed by atoms with van der Waals surface area (Å²) in [4.78, 5) is 14.0. The normalized spacial score (nSPS) is 16.6. The van der Waals surface area contributed by atoms with Gasteiger partial charge in [-0.05, 0) is 43.2 Å². The van der Waals surface area contributed by atoms with Gasteiger partial charge in [-0.25, -0.2) is 0 Å². The lowest BCUT2D eigenvalue weighted by atomic mass is 9.94. The van der Waals surface area contributed by atoms with E-state index < -0.39 is 0 Å². The van der Waals surface area contributed by atoms with Crippen molar-refractivity contribution in [2.24, 2.45) is 5.92 Å². The van der Waals surface area contributed by atoms with Crippen LogP contribution in [0.4, 0.5) is 0 Å². The summed E-state index contributed by atoms with van der Waals surface area (Å²) in [5.41, 5.74) is 2.57. The fourth-order valence-electron chi connectivity index (χ4n) is 3.33. The molecule has 2 radical (unpaired) electrons. The van der Waals surface area contributed by atoms with Gasteiger partial charge < -0.3 is 9.64 Å². The summed E-state index contributed by atoms with van der Waals surface area (Å²) in [6, 6.07) is 13.3. The lowest BCUT2D eigenvalue weighted by Crippen LogP contribution is -2.25. The van der Waals surface area contributed by atoms with Crippen molar-refractivity contribution in [3.05, 3.63) is 53.0 Å². The molecule has 140 valence electrons. The number of hydrogen-bond acceptors (Lipinski definition) is 5. The Morgan fingerprint density at radius 3 is 2.64 bits per heavy atom. The van der Waals surface area contributed by atoms with E-state index in [1.54, 1.807) is 17.4 Å². The minimum absolute atomic E-state index is 0.187. The van der Waals surface area contributed by atoms with Crippen LogP contribution in [0.2, 0.25) is 0 Å². The van der Waals surface area contributed by atoms with Crippen molar-refractivity contribution < 1.29 is 9.53 Å². The molecule has 1 aliphatic heterocycles. The van der Waals surface area contributed by atoms with Crippen LogP contribution in [0.15, 0.2) is 42.5 Å². The van der Waals surface area contributed by atoms with Gasteiger partial charge in [0.25, 0.3) is 0 Å². The van der Waals surface area contributed by atoms with Gasteiger partial charge in [0.05, 0.1) is 0 Å². The average molecular weight is 389 g/mol. The lowest BCUT2D eigenvalue weighted by Gasteiger charge is -2.19. The Morgan fingerprint density at radius 2 is 2.00 bits per heavy atom. The van der Waals surface area contributed by atoms with Crippen LogP contribution in [0, 0.1) is 12.8 Å². The van der Waals surface area contributed by atoms with Crippen molar-refractivity contribution in [2.45, 2.75) is 26.8 Å². The van der Waals surface area contributed by atoms with Crippen LogP contribution in [0.5, 0.6) is 11.5 Å². The predicted octanol–water partition coefficient (Wildman–Crippen LogP) is 3.47. The molecule has 3 aromatic rings. The van der Waals surface area contributed by atoms with Crippen molar-refractivity contribution in [1.82, 2.24) is 15.1 Å². The van der Waals surface area contributed by atoms with Crippen LogP contribution < -0.4 is 10.2 Å². The molecule has 0 N–H and O–H groups in total. The van der Waals surface area contributed by atoms with Gasteiger partial charge in [-0.15, -0.1) is 10.2 Å². The van der Waals surface area contributed by atoms with Gasteiger partial charge in [0, 0.05) is 30.6 Å². The molecule has 2 aromatic carbocycles. The molecule has 1 fully saturated rings. The minimum Gasteiger partial charge on any atom is -0.457 e. The van der Waals surface area contributed by atoms with Crippen LogP contribution in [0.1, 0.15) is 23.9 Å². The summed E-state index contributed by atoms with van der Waals surface area (Å²) in [6.07, 6.45) is 0.609. The molecule has 0 bridgehead atoms. The van der Waals surface area contributed by atoms with Crippen molar-refractivity contribution in [3.63, 3.8) is 0 Å². The summed E-state index contributed by atoms with van der Waals surface area (Å²) in [5, 5.41) is 10.0. The van der Waals surface area contributed by atoms with Gasteiger partial charge in [0.2, 0.25) is 5.91 Å². The molecule has 0 aliphatic carbocycles. The number of aryl methyl sites for hydroxylation is 1. The van der Waals surface area contributed by atoms with Crippen molar-refractivity contribution >= 4 is 30.6 Å². The number of amides is 1. The maximum atomic E-state index is 12.1. The van der Waals surface area contributed by atoms with Crippen molar-refractivity contribution in [1.29, 1.82) is 0 Å². The van der Waals surface area contributed by atoms with E-state index in [0.717, 1.165) is 27.7 Å². The molecule has 1 atom stereocenters. The summed E-state index contributed by atoms with van der Waals surface area (Å²) >= 11 is 1.56. The van der Waals surface area contributed by atoms with Crippen LogP contribution >= 0.6 is 11.3 Å². The maximum absolute atomic E-state index is 12.1. The third-order valence-corrected chi connectivity index (χ3v) is 5.60. The van der Waals surface area contributed by atoms with E-state index in [1.165, 1.54) is 0 Å². The van der Waals surface area contributed by atoms with E-state index in [9.17, 15) is 4.79 Å². The highest BCUT2D eigenvalue weighted by atomic mass is 32.1. The van der Waals surface area contributed by atoms with E-state index >= 15 is 0 Å². The van der Waals surface area contributed by atoms with Gasteiger partial charge in [-0.2, -0.15) is 0 Å². The van der Waals surface area contributed by atoms with Crippen molar-refractivity contribution in [3.8, 4) is 22.1 Å². The van der Waals surface area contributed by atoms with Crippen molar-refractivity contribution in [2.75, 3.05) is 6.54 Å². The van der Waals surface area contributed by atoms with Crippen LogP contribution in [-0.2, 0) is 11.3 Å². The van der Waals surface area contributed by atoms with E-state index in [4.69, 9.17) is 12.6 Å². The maximum Gasteiger partial charge on any atom is 0.223 e. The molecule has 5 nitrogen and oxygen atoms in total. The number of aromatic nitrogens is 2. The quantitative estimate of drug-likeness (QED) is 0.627. The van der Waals surface area contributed by atoms with Gasteiger partial charge in [-0.3, -0.25) is 4.79 Å². The van der Waals surface area contributed by atoms with E-state index in [0.29, 0.717) is 35.8 Å². The van der Waals surface area contributed by atoms with Crippen LogP contribution in [0.25, 0.3) is 10.6 Å². The molecule has 0 unspecified atom stereocenters. The zero-order valence-electron chi connectivity index (χ0n) is 15.9. The SMILES string of the molecule is [B]c1ccc(CN2C[C@@H](C)CC2=O)c(Oc2ccc(-c3nnc(C)s3)cc2)c1. The molecule has 4 rings (SSSR count). The Hall–Kier alpha value is -2.67. The fourth-order valence-corrected chi connectivity index (χ4v) is 4.03. The first-order chi connectivity index (χ1) is 13.5. The molecule has 28 heavy (non-hydrogen) atoms. The second-order valence-electron chi connectivity index (χ2n) is 7.20. The second kappa shape index (κ2) is 7.76. The summed E-state index contributed by atoms with van der Waals surface area (Å²) in [7, 11) is 5.97. The van der Waals surface area contributed by atoms with Crippen LogP contribution in [-0.4, -0.2) is 35.4 Å². The highest BCUT2D eigenvalue weighted by Gasteiger charge is 2.27. The fraction of sp³-hybridized carbons (Fsp3) is 0.286. The zero-order valence-corrected chi connectivity index (χ0v) is 16.7. The van der Waals surface area contributed by atoms with E-state index in [1.807, 2.05) is 48.2 Å². The number of ether oxygens (including phenoxy) is 1. The first-order valence-corrected chi connectivity index (χ1v) is 10.0. The lowest BCUT2D eigenvalue weighted by molar-refractivity contribution is -0.128. The monoisotopic (exact) mass is 389 g/mol. The number of rotatable bonds is 5. The highest BCUT2D eigenvalue weighted by Crippen LogP contribution is 2.30. The molecular formula is C21H20BN3O2S. The molecule has 0 saturated carbocycles. The molecule has 1 aromatic heterocycles. The molecule has 0 spiro atoms. The third-order valence-electron chi connectivity index (χ3n) is 4.72. The number of carbonyl (C=O) groups excluding carboxylic acids is 1. The minimum atomic E-state index is 0.187. The van der Waals surface area contributed by atoms with Gasteiger partial charge in [-0.1, -0.05) is 35.9 Å². The molecule has 1 saturated heterocycles. The largest absolute Gasteiger partial charge is 0.457 e. The molecule has 1 aliphatic rings. The van der Waals surface area contributed by atoms with Gasteiger partial charge in [0.1, 0.15) is 29.4 Å². The van der Waals surface area contributed by atoms with Gasteiger partial charge in [0.15, 0.2) is 0 Å². The second-order valence-corrected chi connectivity index (χ2v) is 8.39. The standard InChI is InChI=1S/C21H20BN3O2S/c1-13-9-20(26)25(11-13)12-16-3-6-17(22)10-19(16)27-18-7-4-15(5-8-18)21-24-23-14(2)28-21/h3-8,10,13H,9,11-12H2,1-2H3/t13-/m0/s1. The average Bonchev–Trinajstić information content (AvgIpc) is 3.23. The number of carbonyl (C=O) groups is 1. The number of nitrogens with zero attached hydrogens (tertiary/aromatic N) is 3. The number of benzene rings is 2. The Morgan fingerprint density at radius 1 is 1.21 bits per heavy atom. The topological polar surface area (TPSA) is 55.3 Å². The number of hydrogen-bond donors (Lipinski definition) is 0. The number of likely N-dealkylation sites (tertiary alicyclic amines) is 1. The summed E-state index contributed by atoms with van der Waals surface area (Å²) in [5.74, 6) is 1.96. The van der Waals surface area contributed by atoms with Gasteiger partial charge >= 0.3 is 0 Å². The third kappa shape index (κ3) is 4.09.